The minimum atomic E-state index is 0.0713. The zero-order chi connectivity index (χ0) is 18.8. The largest absolute Gasteiger partial charge is 0.401 e. The van der Waals surface area contributed by atoms with Gasteiger partial charge < -0.3 is 5.73 Å². The summed E-state index contributed by atoms with van der Waals surface area (Å²) in [4.78, 5) is 1.39. The Hall–Kier alpha value is -1.15. The summed E-state index contributed by atoms with van der Waals surface area (Å²) < 4.78 is 0. The van der Waals surface area contributed by atoms with Gasteiger partial charge in [0.2, 0.25) is 0 Å². The molecule has 0 aromatic heterocycles. The lowest BCUT2D eigenvalue weighted by Gasteiger charge is -2.47. The molecule has 2 atom stereocenters. The molecule has 0 saturated carbocycles. The Bertz CT molecular complexity index is 753. The second-order valence-corrected chi connectivity index (χ2v) is 11.4. The summed E-state index contributed by atoms with van der Waals surface area (Å²) in [5, 5.41) is 0.342. The molecular weight excluding hydrogens is 322 g/mol. The molecule has 2 N–H and O–H groups in total. The van der Waals surface area contributed by atoms with Gasteiger partial charge in [0.15, 0.2) is 0 Å². The quantitative estimate of drug-likeness (QED) is 0.601. The van der Waals surface area contributed by atoms with Crippen molar-refractivity contribution in [1.82, 2.24) is 0 Å². The summed E-state index contributed by atoms with van der Waals surface area (Å²) in [6, 6.07) is 7.05. The highest BCUT2D eigenvalue weighted by Gasteiger charge is 2.45. The maximum Gasteiger partial charge on any atom is 0.0561 e. The van der Waals surface area contributed by atoms with E-state index >= 15 is 0 Å². The van der Waals surface area contributed by atoms with Gasteiger partial charge in [-0.2, -0.15) is 0 Å². The molecule has 25 heavy (non-hydrogen) atoms. The van der Waals surface area contributed by atoms with Crippen molar-refractivity contribution < 1.29 is 0 Å². The fourth-order valence-corrected chi connectivity index (χ4v) is 5.55. The molecule has 1 nitrogen and oxygen atoms in total. The van der Waals surface area contributed by atoms with Crippen molar-refractivity contribution in [2.45, 2.75) is 76.4 Å². The molecule has 0 saturated heterocycles. The van der Waals surface area contributed by atoms with Gasteiger partial charge in [-0.15, -0.1) is 11.8 Å². The molecule has 1 aromatic rings. The number of fused-ring (bicyclic) bond motifs is 2. The molecule has 136 valence electrons. The third-order valence-corrected chi connectivity index (χ3v) is 7.26. The summed E-state index contributed by atoms with van der Waals surface area (Å²) >= 11 is 1.95. The minimum absolute atomic E-state index is 0.0713. The number of rotatable bonds is 0. The van der Waals surface area contributed by atoms with Gasteiger partial charge in [-0.3, -0.25) is 0 Å². The Morgan fingerprint density at radius 1 is 1.00 bits per heavy atom. The average Bonchev–Trinajstić information content (AvgIpc) is 2.46. The number of hydrogen-bond donors (Lipinski definition) is 1. The molecule has 2 aliphatic rings. The molecule has 0 bridgehead atoms. The number of nitrogens with two attached hydrogens (primary N) is 1. The van der Waals surface area contributed by atoms with Crippen molar-refractivity contribution in [3.8, 4) is 0 Å². The maximum atomic E-state index is 6.55. The number of allylic oxidation sites excluding steroid dienone is 3. The van der Waals surface area contributed by atoms with Crippen LogP contribution in [0.2, 0.25) is 0 Å². The van der Waals surface area contributed by atoms with Gasteiger partial charge in [-0.05, 0) is 45.1 Å². The molecule has 1 heterocycles. The van der Waals surface area contributed by atoms with E-state index in [1.165, 1.54) is 21.6 Å². The Balaban J connectivity index is 2.14. The summed E-state index contributed by atoms with van der Waals surface area (Å²) in [7, 11) is 0. The van der Waals surface area contributed by atoms with Crippen molar-refractivity contribution in [3.05, 3.63) is 52.7 Å². The van der Waals surface area contributed by atoms with Crippen LogP contribution in [0.15, 0.2) is 46.5 Å². The van der Waals surface area contributed by atoms with Crippen LogP contribution in [0.25, 0.3) is 0 Å². The van der Waals surface area contributed by atoms with Crippen LogP contribution >= 0.6 is 11.8 Å². The lowest BCUT2D eigenvalue weighted by atomic mass is 9.66. The van der Waals surface area contributed by atoms with Gasteiger partial charge in [-0.25, -0.2) is 0 Å². The molecule has 2 heteroatoms. The number of thioether (sulfide) groups is 1. The molecule has 0 amide bonds. The Labute approximate surface area is 158 Å². The topological polar surface area (TPSA) is 26.0 Å². The van der Waals surface area contributed by atoms with E-state index in [1.54, 1.807) is 0 Å². The van der Waals surface area contributed by atoms with Crippen LogP contribution in [-0.4, -0.2) is 5.25 Å². The highest BCUT2D eigenvalue weighted by molar-refractivity contribution is 8.00. The highest BCUT2D eigenvalue weighted by Crippen LogP contribution is 2.54. The van der Waals surface area contributed by atoms with Crippen LogP contribution in [0.3, 0.4) is 0 Å². The predicted octanol–water partition coefficient (Wildman–Crippen LogP) is 6.18. The fourth-order valence-electron chi connectivity index (χ4n) is 3.91. The monoisotopic (exact) mass is 355 g/mol. The Kier molecular flexibility index (Phi) is 4.23. The molecule has 0 fully saturated rings. The van der Waals surface area contributed by atoms with Crippen molar-refractivity contribution in [3.63, 3.8) is 0 Å². The zero-order valence-electron chi connectivity index (χ0n) is 17.0. The molecule has 0 spiro atoms. The van der Waals surface area contributed by atoms with Gasteiger partial charge in [-0.1, -0.05) is 73.6 Å². The molecule has 1 aliphatic carbocycles. The normalized spacial score (nSPS) is 25.6. The smallest absolute Gasteiger partial charge is 0.0561 e. The first-order chi connectivity index (χ1) is 11.3. The van der Waals surface area contributed by atoms with Gasteiger partial charge >= 0.3 is 0 Å². The SMILES string of the molecule is CC(C)(C)C1=CC2C(Sc3ccc(C(C)(C)C)cc3C2(C)C)C(N)=C1. The van der Waals surface area contributed by atoms with E-state index in [0.717, 1.165) is 5.70 Å². The van der Waals surface area contributed by atoms with Gasteiger partial charge in [0.05, 0.1) is 5.25 Å². The van der Waals surface area contributed by atoms with Crippen LogP contribution in [0.1, 0.15) is 66.5 Å². The summed E-state index contributed by atoms with van der Waals surface area (Å²) in [5.74, 6) is 0.430. The van der Waals surface area contributed by atoms with Crippen LogP contribution in [0.4, 0.5) is 0 Å². The Morgan fingerprint density at radius 3 is 2.20 bits per heavy atom. The van der Waals surface area contributed by atoms with Crippen molar-refractivity contribution in [2.24, 2.45) is 17.1 Å². The highest BCUT2D eigenvalue weighted by atomic mass is 32.2. The van der Waals surface area contributed by atoms with Gasteiger partial charge in [0.25, 0.3) is 0 Å². The standard InChI is InChI=1S/C23H33NS/c1-21(2,3)14-9-10-19-16(11-14)23(7,8)17-12-15(22(4,5)6)13-18(24)20(17)25-19/h9-13,17,20H,24H2,1-8H3. The zero-order valence-corrected chi connectivity index (χ0v) is 17.8. The van der Waals surface area contributed by atoms with E-state index in [0.29, 0.717) is 11.2 Å². The molecule has 0 radical (unpaired) electrons. The van der Waals surface area contributed by atoms with Crippen molar-refractivity contribution in [2.75, 3.05) is 0 Å². The second kappa shape index (κ2) is 5.67. The third kappa shape index (κ3) is 3.18. The number of benzene rings is 1. The van der Waals surface area contributed by atoms with E-state index in [2.05, 4.69) is 85.7 Å². The molecule has 1 aliphatic heterocycles. The van der Waals surface area contributed by atoms with E-state index in [1.807, 2.05) is 11.8 Å². The van der Waals surface area contributed by atoms with Gasteiger partial charge in [0, 0.05) is 16.5 Å². The van der Waals surface area contributed by atoms with E-state index in [9.17, 15) is 0 Å². The second-order valence-electron chi connectivity index (χ2n) is 10.3. The predicted molar refractivity (Wildman–Crippen MR) is 111 cm³/mol. The minimum Gasteiger partial charge on any atom is -0.401 e. The molecule has 3 rings (SSSR count). The van der Waals surface area contributed by atoms with Crippen molar-refractivity contribution in [1.29, 1.82) is 0 Å². The van der Waals surface area contributed by atoms with E-state index in [-0.39, 0.29) is 16.2 Å². The van der Waals surface area contributed by atoms with Crippen LogP contribution in [0, 0.1) is 11.3 Å². The fraction of sp³-hybridized carbons (Fsp3) is 0.565. The lowest BCUT2D eigenvalue weighted by Crippen LogP contribution is -2.43. The summed E-state index contributed by atoms with van der Waals surface area (Å²) in [6.45, 7) is 18.5. The summed E-state index contributed by atoms with van der Waals surface area (Å²) in [5.41, 5.74) is 12.2. The van der Waals surface area contributed by atoms with Crippen LogP contribution in [-0.2, 0) is 10.8 Å². The van der Waals surface area contributed by atoms with E-state index in [4.69, 9.17) is 5.73 Å². The van der Waals surface area contributed by atoms with Gasteiger partial charge in [0.1, 0.15) is 0 Å². The molecular formula is C23H33NS. The van der Waals surface area contributed by atoms with E-state index < -0.39 is 0 Å². The maximum absolute atomic E-state index is 6.55. The molecule has 1 aromatic carbocycles. The molecule has 2 unspecified atom stereocenters. The lowest BCUT2D eigenvalue weighted by molar-refractivity contribution is 0.358. The average molecular weight is 356 g/mol. The van der Waals surface area contributed by atoms with Crippen LogP contribution < -0.4 is 5.73 Å². The first-order valence-corrected chi connectivity index (χ1v) is 10.2. The first-order valence-electron chi connectivity index (χ1n) is 9.33. The summed E-state index contributed by atoms with van der Waals surface area (Å²) in [6.07, 6.45) is 4.72. The third-order valence-electron chi connectivity index (χ3n) is 5.83. The first kappa shape index (κ1) is 18.6. The van der Waals surface area contributed by atoms with Crippen molar-refractivity contribution >= 4 is 11.8 Å². The number of hydrogen-bond acceptors (Lipinski definition) is 2. The van der Waals surface area contributed by atoms with Crippen LogP contribution in [0.5, 0.6) is 0 Å². The Morgan fingerprint density at radius 2 is 1.64 bits per heavy atom.